The van der Waals surface area contributed by atoms with Gasteiger partial charge in [0, 0.05) is 10.6 Å². The predicted molar refractivity (Wildman–Crippen MR) is 97.0 cm³/mol. The minimum absolute atomic E-state index is 0.0800. The van der Waals surface area contributed by atoms with Crippen LogP contribution in [0.4, 0.5) is 0 Å². The van der Waals surface area contributed by atoms with E-state index in [9.17, 15) is 0 Å². The molecule has 0 aliphatic carbocycles. The fourth-order valence-electron chi connectivity index (χ4n) is 1.66. The molecule has 0 aliphatic rings. The first kappa shape index (κ1) is 18.8. The molecule has 1 aromatic rings. The highest BCUT2D eigenvalue weighted by molar-refractivity contribution is 6.74. The topological polar surface area (TPSA) is 18.5 Å². The number of hydrogen-bond donors (Lipinski definition) is 0. The highest BCUT2D eigenvalue weighted by Crippen LogP contribution is 2.41. The third kappa shape index (κ3) is 4.64. The molecule has 0 saturated heterocycles. The Morgan fingerprint density at radius 3 is 2.55 bits per heavy atom. The Kier molecular flexibility index (Phi) is 6.31. The average Bonchev–Trinajstić information content (AvgIpc) is 2.41. The van der Waals surface area contributed by atoms with E-state index in [-0.39, 0.29) is 5.04 Å². The number of hydrogen-bond acceptors (Lipinski definition) is 2. The maximum Gasteiger partial charge on any atom is 0.194 e. The quantitative estimate of drug-likeness (QED) is 0.382. The van der Waals surface area contributed by atoms with E-state index in [1.54, 1.807) is 18.2 Å². The largest absolute Gasteiger partial charge is 0.489 e. The van der Waals surface area contributed by atoms with E-state index >= 15 is 0 Å². The molecular weight excluding hydrogens is 312 g/mol. The fraction of sp³-hybridized carbons (Fsp3) is 0.444. The summed E-state index contributed by atoms with van der Waals surface area (Å²) < 4.78 is 12.0. The molecule has 1 rings (SSSR count). The van der Waals surface area contributed by atoms with Crippen LogP contribution in [-0.4, -0.2) is 14.9 Å². The van der Waals surface area contributed by atoms with Crippen molar-refractivity contribution in [1.82, 2.24) is 0 Å². The Labute approximate surface area is 140 Å². The van der Waals surface area contributed by atoms with Crippen LogP contribution >= 0.6 is 11.6 Å². The minimum atomic E-state index is -1.99. The summed E-state index contributed by atoms with van der Waals surface area (Å²) in [5, 5.41) is 0.683. The van der Waals surface area contributed by atoms with Crippen LogP contribution in [0.3, 0.4) is 0 Å². The second kappa shape index (κ2) is 7.37. The Bertz CT molecular complexity index is 567. The molecule has 0 fully saturated rings. The molecular formula is C18H25ClO2Si. The molecule has 0 saturated carbocycles. The Morgan fingerprint density at radius 1 is 1.41 bits per heavy atom. The van der Waals surface area contributed by atoms with E-state index < -0.39 is 14.4 Å². The van der Waals surface area contributed by atoms with Gasteiger partial charge in [-0.2, -0.15) is 0 Å². The summed E-state index contributed by atoms with van der Waals surface area (Å²) in [6, 6.07) is 5.44. The molecule has 0 aliphatic heterocycles. The molecule has 1 atom stereocenters. The van der Waals surface area contributed by atoms with Crippen LogP contribution < -0.4 is 4.74 Å². The summed E-state index contributed by atoms with van der Waals surface area (Å²) in [6.45, 7) is 15.0. The lowest BCUT2D eigenvalue weighted by Crippen LogP contribution is -2.41. The Balaban J connectivity index is 3.15. The van der Waals surface area contributed by atoms with Crippen molar-refractivity contribution in [2.75, 3.05) is 6.61 Å². The summed E-state index contributed by atoms with van der Waals surface area (Å²) >= 11 is 6.06. The normalized spacial score (nSPS) is 13.3. The van der Waals surface area contributed by atoms with Crippen molar-refractivity contribution in [2.45, 2.75) is 45.0 Å². The molecule has 120 valence electrons. The summed E-state index contributed by atoms with van der Waals surface area (Å²) in [7, 11) is -1.99. The first-order valence-corrected chi connectivity index (χ1v) is 10.6. The molecule has 2 nitrogen and oxygen atoms in total. The van der Waals surface area contributed by atoms with Crippen molar-refractivity contribution in [3.05, 3.63) is 41.4 Å². The van der Waals surface area contributed by atoms with Gasteiger partial charge in [0.2, 0.25) is 0 Å². The van der Waals surface area contributed by atoms with Gasteiger partial charge in [-0.15, -0.1) is 6.42 Å². The van der Waals surface area contributed by atoms with Crippen LogP contribution in [0.1, 0.15) is 32.4 Å². The maximum atomic E-state index is 6.35. The Morgan fingerprint density at radius 2 is 2.05 bits per heavy atom. The molecule has 1 aromatic carbocycles. The van der Waals surface area contributed by atoms with Gasteiger partial charge >= 0.3 is 0 Å². The highest BCUT2D eigenvalue weighted by Gasteiger charge is 2.39. The van der Waals surface area contributed by atoms with Gasteiger partial charge in [-0.1, -0.05) is 57.0 Å². The van der Waals surface area contributed by atoms with Crippen LogP contribution in [0.15, 0.2) is 30.9 Å². The van der Waals surface area contributed by atoms with E-state index in [0.717, 1.165) is 5.56 Å². The van der Waals surface area contributed by atoms with Crippen LogP contribution in [0.5, 0.6) is 5.75 Å². The van der Waals surface area contributed by atoms with Gasteiger partial charge < -0.3 is 9.16 Å². The lowest BCUT2D eigenvalue weighted by Gasteiger charge is -2.38. The van der Waals surface area contributed by atoms with E-state index in [1.807, 2.05) is 6.07 Å². The zero-order chi connectivity index (χ0) is 17.0. The number of benzene rings is 1. The zero-order valence-corrected chi connectivity index (χ0v) is 15.8. The van der Waals surface area contributed by atoms with Crippen LogP contribution in [0.25, 0.3) is 0 Å². The maximum absolute atomic E-state index is 6.35. The molecule has 0 aromatic heterocycles. The van der Waals surface area contributed by atoms with E-state index in [1.165, 1.54) is 0 Å². The number of halogens is 1. The first-order valence-electron chi connectivity index (χ1n) is 7.29. The molecule has 0 amide bonds. The smallest absolute Gasteiger partial charge is 0.194 e. The number of rotatable bonds is 6. The fourth-order valence-corrected chi connectivity index (χ4v) is 2.96. The Hall–Kier alpha value is -1.21. The second-order valence-electron chi connectivity index (χ2n) is 6.71. The van der Waals surface area contributed by atoms with Gasteiger partial charge in [-0.25, -0.2) is 0 Å². The standard InChI is InChI=1S/C18H25ClO2Si/c1-8-12-20-17-13-14(19)10-11-15(17)16(9-2)21-22(6,7)18(3,4)5/h2,8,10-11,13,16H,1,12H2,3-7H3. The molecule has 4 heteroatoms. The first-order chi connectivity index (χ1) is 10.1. The zero-order valence-electron chi connectivity index (χ0n) is 14.1. The lowest BCUT2D eigenvalue weighted by atomic mass is 10.1. The summed E-state index contributed by atoms with van der Waals surface area (Å²) in [4.78, 5) is 0. The van der Waals surface area contributed by atoms with Gasteiger partial charge in [0.15, 0.2) is 8.32 Å². The average molecular weight is 337 g/mol. The van der Waals surface area contributed by atoms with Gasteiger partial charge in [-0.05, 0) is 30.3 Å². The molecule has 0 heterocycles. The SMILES string of the molecule is C#CC(O[Si](C)(C)C(C)(C)C)c1ccc(Cl)cc1OCC=C. The van der Waals surface area contributed by atoms with Crippen molar-refractivity contribution >= 4 is 19.9 Å². The molecule has 1 unspecified atom stereocenters. The molecule has 0 radical (unpaired) electrons. The van der Waals surface area contributed by atoms with Crippen molar-refractivity contribution in [2.24, 2.45) is 0 Å². The number of ether oxygens (including phenoxy) is 1. The summed E-state index contributed by atoms with van der Waals surface area (Å²) in [5.74, 6) is 3.39. The van der Waals surface area contributed by atoms with Gasteiger partial charge in [0.25, 0.3) is 0 Å². The molecule has 0 N–H and O–H groups in total. The monoisotopic (exact) mass is 336 g/mol. The van der Waals surface area contributed by atoms with Crippen LogP contribution in [0, 0.1) is 12.3 Å². The van der Waals surface area contributed by atoms with Crippen molar-refractivity contribution in [1.29, 1.82) is 0 Å². The number of terminal acetylenes is 1. The lowest BCUT2D eigenvalue weighted by molar-refractivity contribution is 0.231. The van der Waals surface area contributed by atoms with E-state index in [0.29, 0.717) is 17.4 Å². The third-order valence-corrected chi connectivity index (χ3v) is 8.66. The summed E-state index contributed by atoms with van der Waals surface area (Å²) in [5.41, 5.74) is 0.832. The van der Waals surface area contributed by atoms with Gasteiger partial charge in [0.1, 0.15) is 18.5 Å². The van der Waals surface area contributed by atoms with Crippen LogP contribution in [0.2, 0.25) is 23.2 Å². The highest BCUT2D eigenvalue weighted by atomic mass is 35.5. The summed E-state index contributed by atoms with van der Waals surface area (Å²) in [6.07, 6.45) is 6.97. The van der Waals surface area contributed by atoms with E-state index in [2.05, 4.69) is 46.4 Å². The van der Waals surface area contributed by atoms with Crippen molar-refractivity contribution < 1.29 is 9.16 Å². The molecule has 22 heavy (non-hydrogen) atoms. The molecule has 0 bridgehead atoms. The van der Waals surface area contributed by atoms with Crippen molar-refractivity contribution in [3.8, 4) is 18.1 Å². The van der Waals surface area contributed by atoms with E-state index in [4.69, 9.17) is 27.2 Å². The minimum Gasteiger partial charge on any atom is -0.489 e. The second-order valence-corrected chi connectivity index (χ2v) is 11.9. The van der Waals surface area contributed by atoms with Crippen molar-refractivity contribution in [3.63, 3.8) is 0 Å². The predicted octanol–water partition coefficient (Wildman–Crippen LogP) is 5.60. The third-order valence-electron chi connectivity index (χ3n) is 3.98. The van der Waals surface area contributed by atoms with Gasteiger partial charge in [0.05, 0.1) is 0 Å². The van der Waals surface area contributed by atoms with Crippen LogP contribution in [-0.2, 0) is 4.43 Å². The molecule has 0 spiro atoms. The van der Waals surface area contributed by atoms with Gasteiger partial charge in [-0.3, -0.25) is 0 Å².